The first-order valence-corrected chi connectivity index (χ1v) is 5.63. The molecule has 2 atom stereocenters. The third kappa shape index (κ3) is 2.28. The van der Waals surface area contributed by atoms with Crippen molar-refractivity contribution in [2.24, 2.45) is 0 Å². The number of hydrogen-bond acceptors (Lipinski definition) is 3. The van der Waals surface area contributed by atoms with Gasteiger partial charge in [-0.05, 0) is 33.1 Å². The minimum Gasteiger partial charge on any atom is -0.480 e. The average molecular weight is 229 g/mol. The number of aliphatic carboxylic acids is 1. The molecule has 1 aliphatic heterocycles. The standard InChI is InChI=1S/C11H19NO4/c1-4-8(2)16-10(15)12-7-5-6-11(12,3)9(13)14/h8H,4-7H2,1-3H3,(H,13,14)/t8?,11-/m0/s1. The molecule has 92 valence electrons. The Labute approximate surface area is 95.4 Å². The van der Waals surface area contributed by atoms with Crippen molar-refractivity contribution >= 4 is 12.1 Å². The van der Waals surface area contributed by atoms with Gasteiger partial charge in [-0.1, -0.05) is 6.92 Å². The maximum atomic E-state index is 11.8. The number of carbonyl (C=O) groups excluding carboxylic acids is 1. The fourth-order valence-corrected chi connectivity index (χ4v) is 1.80. The van der Waals surface area contributed by atoms with E-state index in [-0.39, 0.29) is 6.10 Å². The van der Waals surface area contributed by atoms with Crippen LogP contribution in [0.2, 0.25) is 0 Å². The van der Waals surface area contributed by atoms with Crippen LogP contribution in [-0.4, -0.2) is 40.3 Å². The summed E-state index contributed by atoms with van der Waals surface area (Å²) in [4.78, 5) is 24.2. The van der Waals surface area contributed by atoms with Gasteiger partial charge >= 0.3 is 12.1 Å². The fraction of sp³-hybridized carbons (Fsp3) is 0.818. The quantitative estimate of drug-likeness (QED) is 0.802. The van der Waals surface area contributed by atoms with Crippen LogP contribution >= 0.6 is 0 Å². The van der Waals surface area contributed by atoms with Crippen LogP contribution in [0.4, 0.5) is 4.79 Å². The van der Waals surface area contributed by atoms with Crippen LogP contribution in [0.3, 0.4) is 0 Å². The van der Waals surface area contributed by atoms with Gasteiger partial charge in [0.15, 0.2) is 0 Å². The highest BCUT2D eigenvalue weighted by atomic mass is 16.6. The van der Waals surface area contributed by atoms with Gasteiger partial charge in [0.1, 0.15) is 11.6 Å². The van der Waals surface area contributed by atoms with E-state index < -0.39 is 17.6 Å². The molecule has 5 heteroatoms. The number of carboxylic acids is 1. The molecule has 0 aliphatic carbocycles. The second-order valence-corrected chi connectivity index (χ2v) is 4.44. The van der Waals surface area contributed by atoms with Crippen LogP contribution in [0, 0.1) is 0 Å². The number of carboxylic acid groups (broad SMARTS) is 1. The lowest BCUT2D eigenvalue weighted by Gasteiger charge is -2.31. The van der Waals surface area contributed by atoms with Crippen LogP contribution in [0.15, 0.2) is 0 Å². The molecular weight excluding hydrogens is 210 g/mol. The maximum absolute atomic E-state index is 11.8. The van der Waals surface area contributed by atoms with Gasteiger partial charge in [0.05, 0.1) is 0 Å². The smallest absolute Gasteiger partial charge is 0.410 e. The zero-order valence-corrected chi connectivity index (χ0v) is 10.0. The van der Waals surface area contributed by atoms with Gasteiger partial charge in [-0.15, -0.1) is 0 Å². The Balaban J connectivity index is 2.72. The molecule has 0 saturated carbocycles. The first-order valence-electron chi connectivity index (χ1n) is 5.63. The number of nitrogens with zero attached hydrogens (tertiary/aromatic N) is 1. The summed E-state index contributed by atoms with van der Waals surface area (Å²) in [6.45, 7) is 5.74. The summed E-state index contributed by atoms with van der Waals surface area (Å²) in [6, 6.07) is 0. The molecule has 1 unspecified atom stereocenters. The second-order valence-electron chi connectivity index (χ2n) is 4.44. The second kappa shape index (κ2) is 4.72. The summed E-state index contributed by atoms with van der Waals surface area (Å²) in [6.07, 6.45) is 1.22. The Hall–Kier alpha value is -1.26. The molecular formula is C11H19NO4. The minimum absolute atomic E-state index is 0.175. The maximum Gasteiger partial charge on any atom is 0.410 e. The van der Waals surface area contributed by atoms with Crippen molar-refractivity contribution in [1.29, 1.82) is 0 Å². The number of carbonyl (C=O) groups is 2. The average Bonchev–Trinajstić information content (AvgIpc) is 2.61. The van der Waals surface area contributed by atoms with Crippen LogP contribution in [0.1, 0.15) is 40.0 Å². The Morgan fingerprint density at radius 1 is 1.56 bits per heavy atom. The van der Waals surface area contributed by atoms with E-state index in [1.54, 1.807) is 13.8 Å². The summed E-state index contributed by atoms with van der Waals surface area (Å²) in [5.74, 6) is -0.967. The Kier molecular flexibility index (Phi) is 3.78. The number of rotatable bonds is 3. The van der Waals surface area contributed by atoms with Gasteiger partial charge in [0, 0.05) is 6.54 Å². The number of ether oxygens (including phenoxy) is 1. The van der Waals surface area contributed by atoms with E-state index in [9.17, 15) is 9.59 Å². The molecule has 16 heavy (non-hydrogen) atoms. The largest absolute Gasteiger partial charge is 0.480 e. The summed E-state index contributed by atoms with van der Waals surface area (Å²) >= 11 is 0. The van der Waals surface area contributed by atoms with Gasteiger partial charge in [-0.3, -0.25) is 4.90 Å². The number of amides is 1. The van der Waals surface area contributed by atoms with Crippen molar-refractivity contribution in [3.8, 4) is 0 Å². The number of hydrogen-bond donors (Lipinski definition) is 1. The van der Waals surface area contributed by atoms with Gasteiger partial charge in [0.2, 0.25) is 0 Å². The van der Waals surface area contributed by atoms with Crippen LogP contribution in [-0.2, 0) is 9.53 Å². The lowest BCUT2D eigenvalue weighted by Crippen LogP contribution is -2.51. The highest BCUT2D eigenvalue weighted by Crippen LogP contribution is 2.30. The summed E-state index contributed by atoms with van der Waals surface area (Å²) in [5.41, 5.74) is -1.11. The van der Waals surface area contributed by atoms with E-state index in [4.69, 9.17) is 9.84 Å². The Morgan fingerprint density at radius 3 is 2.69 bits per heavy atom. The first kappa shape index (κ1) is 12.8. The Morgan fingerprint density at radius 2 is 2.19 bits per heavy atom. The summed E-state index contributed by atoms with van der Waals surface area (Å²) in [5, 5.41) is 9.13. The topological polar surface area (TPSA) is 66.8 Å². The molecule has 5 nitrogen and oxygen atoms in total. The SMILES string of the molecule is CCC(C)OC(=O)N1CCC[C@@]1(C)C(=O)O. The molecule has 1 fully saturated rings. The van der Waals surface area contributed by atoms with E-state index in [2.05, 4.69) is 0 Å². The molecule has 1 heterocycles. The summed E-state index contributed by atoms with van der Waals surface area (Å²) < 4.78 is 5.15. The Bertz CT molecular complexity index is 292. The monoisotopic (exact) mass is 229 g/mol. The molecule has 1 saturated heterocycles. The zero-order valence-electron chi connectivity index (χ0n) is 10.0. The molecule has 0 bridgehead atoms. The van der Waals surface area contributed by atoms with Crippen LogP contribution < -0.4 is 0 Å². The van der Waals surface area contributed by atoms with Crippen molar-refractivity contribution in [3.05, 3.63) is 0 Å². The van der Waals surface area contributed by atoms with Gasteiger partial charge < -0.3 is 9.84 Å². The molecule has 0 spiro atoms. The summed E-state index contributed by atoms with van der Waals surface area (Å²) in [7, 11) is 0. The predicted octanol–water partition coefficient (Wildman–Crippen LogP) is 1.86. The molecule has 1 N–H and O–H groups in total. The highest BCUT2D eigenvalue weighted by molar-refractivity contribution is 5.84. The van der Waals surface area contributed by atoms with Crippen LogP contribution in [0.5, 0.6) is 0 Å². The molecule has 1 rings (SSSR count). The van der Waals surface area contributed by atoms with E-state index in [1.807, 2.05) is 6.92 Å². The lowest BCUT2D eigenvalue weighted by molar-refractivity contribution is -0.148. The van der Waals surface area contributed by atoms with Crippen LogP contribution in [0.25, 0.3) is 0 Å². The van der Waals surface area contributed by atoms with Crippen molar-refractivity contribution in [2.75, 3.05) is 6.54 Å². The van der Waals surface area contributed by atoms with E-state index >= 15 is 0 Å². The molecule has 0 aromatic heterocycles. The highest BCUT2D eigenvalue weighted by Gasteiger charge is 2.46. The normalized spacial score (nSPS) is 26.6. The van der Waals surface area contributed by atoms with Gasteiger partial charge in [-0.2, -0.15) is 0 Å². The molecule has 1 amide bonds. The third-order valence-electron chi connectivity index (χ3n) is 3.20. The van der Waals surface area contributed by atoms with Crippen molar-refractivity contribution in [1.82, 2.24) is 4.90 Å². The fourth-order valence-electron chi connectivity index (χ4n) is 1.80. The molecule has 0 radical (unpaired) electrons. The van der Waals surface area contributed by atoms with Crippen molar-refractivity contribution in [2.45, 2.75) is 51.7 Å². The van der Waals surface area contributed by atoms with E-state index in [0.717, 1.165) is 6.42 Å². The van der Waals surface area contributed by atoms with Gasteiger partial charge in [-0.25, -0.2) is 9.59 Å². The minimum atomic E-state index is -1.11. The predicted molar refractivity (Wildman–Crippen MR) is 58.2 cm³/mol. The first-order chi connectivity index (χ1) is 7.41. The number of likely N-dealkylation sites (tertiary alicyclic amines) is 1. The van der Waals surface area contributed by atoms with Crippen molar-refractivity contribution < 1.29 is 19.4 Å². The third-order valence-corrected chi connectivity index (χ3v) is 3.20. The zero-order chi connectivity index (χ0) is 12.3. The molecule has 0 aromatic rings. The molecule has 0 aromatic carbocycles. The van der Waals surface area contributed by atoms with E-state index in [0.29, 0.717) is 19.4 Å². The van der Waals surface area contributed by atoms with E-state index in [1.165, 1.54) is 4.90 Å². The van der Waals surface area contributed by atoms with Crippen molar-refractivity contribution in [3.63, 3.8) is 0 Å². The molecule has 1 aliphatic rings. The lowest BCUT2D eigenvalue weighted by atomic mass is 10.00. The van der Waals surface area contributed by atoms with Gasteiger partial charge in [0.25, 0.3) is 0 Å².